The molecule has 1 rings (SSSR count). The third-order valence-electron chi connectivity index (χ3n) is 1.73. The van der Waals surface area contributed by atoms with Gasteiger partial charge in [-0.3, -0.25) is 0 Å². The van der Waals surface area contributed by atoms with Crippen molar-refractivity contribution >= 4 is 17.4 Å². The molecule has 4 nitrogen and oxygen atoms in total. The Morgan fingerprint density at radius 3 is 2.87 bits per heavy atom. The molecule has 1 atom stereocenters. The fourth-order valence-electron chi connectivity index (χ4n) is 0.903. The van der Waals surface area contributed by atoms with Gasteiger partial charge in [-0.05, 0) is 25.1 Å². The highest BCUT2D eigenvalue weighted by Gasteiger charge is 2.11. The Labute approximate surface area is 91.1 Å². The number of halogens is 2. The molecule has 0 bridgehead atoms. The first-order valence-electron chi connectivity index (χ1n) is 4.13. The number of nitrogens with two attached hydrogens (primary N) is 1. The van der Waals surface area contributed by atoms with Crippen molar-refractivity contribution in [2.24, 2.45) is 10.9 Å². The van der Waals surface area contributed by atoms with Crippen LogP contribution in [0.25, 0.3) is 0 Å². The smallest absolute Gasteiger partial charge is 0.180 e. The summed E-state index contributed by atoms with van der Waals surface area (Å²) in [6.45, 7) is 1.58. The van der Waals surface area contributed by atoms with Crippen LogP contribution in [0, 0.1) is 5.82 Å². The predicted octanol–water partition coefficient (Wildman–Crippen LogP) is 1.99. The molecule has 0 amide bonds. The first-order valence-corrected chi connectivity index (χ1v) is 4.51. The number of rotatable bonds is 3. The van der Waals surface area contributed by atoms with Gasteiger partial charge in [0.1, 0.15) is 11.6 Å². The van der Waals surface area contributed by atoms with Gasteiger partial charge >= 0.3 is 0 Å². The van der Waals surface area contributed by atoms with Crippen molar-refractivity contribution in [3.63, 3.8) is 0 Å². The Balaban J connectivity index is 2.81. The molecule has 0 aliphatic heterocycles. The molecule has 0 aliphatic carbocycles. The molecular weight excluding hydrogens is 223 g/mol. The fraction of sp³-hybridized carbons (Fsp3) is 0.222. The molecule has 0 spiro atoms. The van der Waals surface area contributed by atoms with Gasteiger partial charge in [-0.1, -0.05) is 16.8 Å². The van der Waals surface area contributed by atoms with E-state index in [1.54, 1.807) is 6.92 Å². The van der Waals surface area contributed by atoms with Crippen LogP contribution in [0.5, 0.6) is 5.75 Å². The van der Waals surface area contributed by atoms with Gasteiger partial charge < -0.3 is 15.7 Å². The molecule has 1 aromatic carbocycles. The normalized spacial score (nSPS) is 13.7. The molecule has 0 aliphatic rings. The summed E-state index contributed by atoms with van der Waals surface area (Å²) in [5.41, 5.74) is 5.30. The largest absolute Gasteiger partial charge is 0.481 e. The fourth-order valence-corrected chi connectivity index (χ4v) is 1.11. The second kappa shape index (κ2) is 4.84. The van der Waals surface area contributed by atoms with Gasteiger partial charge in [0, 0.05) is 0 Å². The van der Waals surface area contributed by atoms with Gasteiger partial charge in [0.15, 0.2) is 11.9 Å². The van der Waals surface area contributed by atoms with Crippen molar-refractivity contribution in [2.45, 2.75) is 13.0 Å². The van der Waals surface area contributed by atoms with E-state index in [0.29, 0.717) is 0 Å². The summed E-state index contributed by atoms with van der Waals surface area (Å²) in [4.78, 5) is 0. The van der Waals surface area contributed by atoms with Crippen LogP contribution in [-0.4, -0.2) is 17.1 Å². The number of hydrogen-bond donors (Lipinski definition) is 2. The summed E-state index contributed by atoms with van der Waals surface area (Å²) in [5.74, 6) is -0.267. The Kier molecular flexibility index (Phi) is 3.74. The molecule has 0 fully saturated rings. The number of benzene rings is 1. The molecule has 0 aromatic heterocycles. The summed E-state index contributed by atoms with van der Waals surface area (Å²) in [5, 5.41) is 11.3. The molecule has 6 heteroatoms. The Morgan fingerprint density at radius 2 is 2.33 bits per heavy atom. The van der Waals surface area contributed by atoms with Gasteiger partial charge in [0.05, 0.1) is 5.02 Å². The van der Waals surface area contributed by atoms with Gasteiger partial charge in [-0.2, -0.15) is 0 Å². The first kappa shape index (κ1) is 11.6. The van der Waals surface area contributed by atoms with Crippen LogP contribution in [-0.2, 0) is 0 Å². The predicted molar refractivity (Wildman–Crippen MR) is 54.9 cm³/mol. The van der Waals surface area contributed by atoms with Crippen LogP contribution in [0.3, 0.4) is 0 Å². The van der Waals surface area contributed by atoms with Gasteiger partial charge in [0.25, 0.3) is 0 Å². The van der Waals surface area contributed by atoms with Crippen molar-refractivity contribution in [1.82, 2.24) is 0 Å². The Morgan fingerprint density at radius 1 is 1.67 bits per heavy atom. The van der Waals surface area contributed by atoms with Gasteiger partial charge in [0.2, 0.25) is 0 Å². The maximum Gasteiger partial charge on any atom is 0.180 e. The average Bonchev–Trinajstić information content (AvgIpc) is 2.20. The summed E-state index contributed by atoms with van der Waals surface area (Å²) in [6, 6.07) is 3.70. The highest BCUT2D eigenvalue weighted by atomic mass is 35.5. The topological polar surface area (TPSA) is 67.8 Å². The maximum absolute atomic E-state index is 12.7. The van der Waals surface area contributed by atoms with Crippen LogP contribution in [0.2, 0.25) is 5.02 Å². The third-order valence-corrected chi connectivity index (χ3v) is 2.03. The van der Waals surface area contributed by atoms with E-state index in [4.69, 9.17) is 27.3 Å². The van der Waals surface area contributed by atoms with Crippen molar-refractivity contribution in [3.05, 3.63) is 29.0 Å². The van der Waals surface area contributed by atoms with Crippen molar-refractivity contribution < 1.29 is 14.3 Å². The van der Waals surface area contributed by atoms with Crippen molar-refractivity contribution in [1.29, 1.82) is 0 Å². The van der Waals surface area contributed by atoms with Gasteiger partial charge in [-0.15, -0.1) is 0 Å². The van der Waals surface area contributed by atoms with Crippen LogP contribution in [0.4, 0.5) is 4.39 Å². The quantitative estimate of drug-likeness (QED) is 0.362. The molecule has 1 unspecified atom stereocenters. The molecule has 0 radical (unpaired) electrons. The third kappa shape index (κ3) is 2.99. The van der Waals surface area contributed by atoms with E-state index < -0.39 is 11.9 Å². The van der Waals surface area contributed by atoms with Crippen molar-refractivity contribution in [3.8, 4) is 5.75 Å². The summed E-state index contributed by atoms with van der Waals surface area (Å²) in [7, 11) is 0. The van der Waals surface area contributed by atoms with Crippen molar-refractivity contribution in [2.75, 3.05) is 0 Å². The number of hydrogen-bond acceptors (Lipinski definition) is 3. The maximum atomic E-state index is 12.7. The summed E-state index contributed by atoms with van der Waals surface area (Å²) in [6.07, 6.45) is -0.641. The first-order chi connectivity index (χ1) is 7.04. The SMILES string of the molecule is CC(Oc1ccc(F)cc1Cl)C(N)=NO. The molecule has 0 saturated carbocycles. The zero-order valence-corrected chi connectivity index (χ0v) is 8.70. The van der Waals surface area contributed by atoms with E-state index in [1.807, 2.05) is 0 Å². The van der Waals surface area contributed by atoms with Crippen LogP contribution < -0.4 is 10.5 Å². The Hall–Kier alpha value is -1.49. The van der Waals surface area contributed by atoms with Gasteiger partial charge in [-0.25, -0.2) is 4.39 Å². The number of ether oxygens (including phenoxy) is 1. The lowest BCUT2D eigenvalue weighted by atomic mass is 10.3. The summed E-state index contributed by atoms with van der Waals surface area (Å²) >= 11 is 5.71. The van der Waals surface area contributed by atoms with Crippen LogP contribution in [0.15, 0.2) is 23.4 Å². The standard InChI is InChI=1S/C9H10ClFN2O2/c1-5(9(12)13-14)15-8-3-2-6(11)4-7(8)10/h2-5,14H,1H3,(H2,12,13). The minimum atomic E-state index is -0.641. The second-order valence-electron chi connectivity index (χ2n) is 2.86. The van der Waals surface area contributed by atoms with E-state index in [1.165, 1.54) is 12.1 Å². The molecule has 0 saturated heterocycles. The van der Waals surface area contributed by atoms with Crippen LogP contribution in [0.1, 0.15) is 6.92 Å². The minimum Gasteiger partial charge on any atom is -0.481 e. The van der Waals surface area contributed by atoms with Crippen LogP contribution >= 0.6 is 11.6 Å². The number of amidine groups is 1. The number of oxime groups is 1. The molecule has 0 heterocycles. The van der Waals surface area contributed by atoms with E-state index in [2.05, 4.69) is 5.16 Å². The molecule has 1 aromatic rings. The van der Waals surface area contributed by atoms with E-state index >= 15 is 0 Å². The average molecular weight is 233 g/mol. The van der Waals surface area contributed by atoms with E-state index in [-0.39, 0.29) is 16.6 Å². The zero-order chi connectivity index (χ0) is 11.4. The monoisotopic (exact) mass is 232 g/mol. The van der Waals surface area contributed by atoms with E-state index in [9.17, 15) is 4.39 Å². The highest BCUT2D eigenvalue weighted by Crippen LogP contribution is 2.25. The molecule has 15 heavy (non-hydrogen) atoms. The lowest BCUT2D eigenvalue weighted by Crippen LogP contribution is -2.31. The molecule has 3 N–H and O–H groups in total. The highest BCUT2D eigenvalue weighted by molar-refractivity contribution is 6.32. The molecular formula is C9H10ClFN2O2. The second-order valence-corrected chi connectivity index (χ2v) is 3.27. The summed E-state index contributed by atoms with van der Waals surface area (Å²) < 4.78 is 17.9. The lowest BCUT2D eigenvalue weighted by molar-refractivity contribution is 0.265. The lowest BCUT2D eigenvalue weighted by Gasteiger charge is -2.13. The Bertz CT molecular complexity index is 384. The molecule has 82 valence electrons. The van der Waals surface area contributed by atoms with E-state index in [0.717, 1.165) is 6.07 Å². The number of nitrogens with zero attached hydrogens (tertiary/aromatic N) is 1. The zero-order valence-electron chi connectivity index (χ0n) is 7.95. The minimum absolute atomic E-state index is 0.0876.